The van der Waals surface area contributed by atoms with Crippen molar-refractivity contribution in [2.75, 3.05) is 21.3 Å². The zero-order valence-corrected chi connectivity index (χ0v) is 14.1. The molecule has 0 amide bonds. The van der Waals surface area contributed by atoms with E-state index in [1.54, 1.807) is 14.2 Å². The lowest BCUT2D eigenvalue weighted by Crippen LogP contribution is -2.18. The molecule has 0 spiro atoms. The number of hydrogen-bond acceptors (Lipinski definition) is 3. The van der Waals surface area contributed by atoms with Crippen LogP contribution in [0.15, 0.2) is 46.9 Å². The third kappa shape index (κ3) is 3.99. The van der Waals surface area contributed by atoms with Gasteiger partial charge in [0.2, 0.25) is 0 Å². The Hall–Kier alpha value is -1.52. The first kappa shape index (κ1) is 15.9. The first-order chi connectivity index (χ1) is 10.2. The third-order valence-corrected chi connectivity index (χ3v) is 4.04. The van der Waals surface area contributed by atoms with Gasteiger partial charge < -0.3 is 14.8 Å². The van der Waals surface area contributed by atoms with Crippen LogP contribution in [0.25, 0.3) is 0 Å². The van der Waals surface area contributed by atoms with Crippen LogP contribution in [0.1, 0.15) is 17.2 Å². The van der Waals surface area contributed by atoms with Crippen LogP contribution in [0.2, 0.25) is 0 Å². The smallest absolute Gasteiger partial charge is 0.160 e. The highest BCUT2D eigenvalue weighted by molar-refractivity contribution is 9.10. The molecule has 2 rings (SSSR count). The van der Waals surface area contributed by atoms with E-state index in [4.69, 9.17) is 9.47 Å². The predicted octanol–water partition coefficient (Wildman–Crippen LogP) is 3.97. The second kappa shape index (κ2) is 7.48. The number of halogens is 1. The van der Waals surface area contributed by atoms with Crippen molar-refractivity contribution in [1.29, 1.82) is 0 Å². The van der Waals surface area contributed by atoms with Crippen LogP contribution in [0.4, 0.5) is 0 Å². The van der Waals surface area contributed by atoms with Crippen LogP contribution in [0.3, 0.4) is 0 Å². The lowest BCUT2D eigenvalue weighted by Gasteiger charge is -2.18. The van der Waals surface area contributed by atoms with Crippen molar-refractivity contribution in [3.63, 3.8) is 0 Å². The first-order valence-electron chi connectivity index (χ1n) is 6.81. The second-order valence-electron chi connectivity index (χ2n) is 4.79. The summed E-state index contributed by atoms with van der Waals surface area (Å²) in [7, 11) is 5.29. The molecule has 1 atom stereocenters. The maximum atomic E-state index is 5.36. The Balaban J connectivity index is 2.20. The molecule has 0 aliphatic carbocycles. The summed E-state index contributed by atoms with van der Waals surface area (Å²) < 4.78 is 11.7. The Morgan fingerprint density at radius 1 is 1.00 bits per heavy atom. The van der Waals surface area contributed by atoms with Crippen molar-refractivity contribution in [3.05, 3.63) is 58.1 Å². The summed E-state index contributed by atoms with van der Waals surface area (Å²) >= 11 is 3.47. The van der Waals surface area contributed by atoms with Crippen molar-refractivity contribution >= 4 is 15.9 Å². The van der Waals surface area contributed by atoms with Crippen molar-refractivity contribution in [2.45, 2.75) is 12.5 Å². The number of ether oxygens (including phenoxy) is 2. The SMILES string of the molecule is CNC(Cc1ccc(OC)c(OC)c1)c1ccc(Br)cc1. The van der Waals surface area contributed by atoms with E-state index in [0.29, 0.717) is 0 Å². The largest absolute Gasteiger partial charge is 0.493 e. The van der Waals surface area contributed by atoms with Gasteiger partial charge in [0, 0.05) is 10.5 Å². The molecular weight excluding hydrogens is 330 g/mol. The van der Waals surface area contributed by atoms with E-state index in [-0.39, 0.29) is 6.04 Å². The van der Waals surface area contributed by atoms with Crippen LogP contribution in [0.5, 0.6) is 11.5 Å². The quantitative estimate of drug-likeness (QED) is 0.855. The molecule has 0 radical (unpaired) electrons. The van der Waals surface area contributed by atoms with Gasteiger partial charge in [0.05, 0.1) is 14.2 Å². The van der Waals surface area contributed by atoms with Gasteiger partial charge in [0.15, 0.2) is 11.5 Å². The number of rotatable bonds is 6. The van der Waals surface area contributed by atoms with Gasteiger partial charge in [-0.05, 0) is 48.9 Å². The molecule has 0 aromatic heterocycles. The second-order valence-corrected chi connectivity index (χ2v) is 5.70. The topological polar surface area (TPSA) is 30.5 Å². The van der Waals surface area contributed by atoms with E-state index in [2.05, 4.69) is 51.6 Å². The monoisotopic (exact) mass is 349 g/mol. The molecule has 112 valence electrons. The lowest BCUT2D eigenvalue weighted by molar-refractivity contribution is 0.354. The Morgan fingerprint density at radius 2 is 1.67 bits per heavy atom. The lowest BCUT2D eigenvalue weighted by atomic mass is 9.99. The molecule has 0 saturated heterocycles. The standard InChI is InChI=1S/C17H20BrNO2/c1-19-15(13-5-7-14(18)8-6-13)10-12-4-9-16(20-2)17(11-12)21-3/h4-9,11,15,19H,10H2,1-3H3. The average Bonchev–Trinajstić information content (AvgIpc) is 2.53. The molecule has 0 bridgehead atoms. The molecule has 2 aromatic carbocycles. The fourth-order valence-corrected chi connectivity index (χ4v) is 2.59. The summed E-state index contributed by atoms with van der Waals surface area (Å²) in [6, 6.07) is 14.7. The maximum absolute atomic E-state index is 5.36. The number of methoxy groups -OCH3 is 2. The highest BCUT2D eigenvalue weighted by atomic mass is 79.9. The number of benzene rings is 2. The molecule has 1 unspecified atom stereocenters. The minimum atomic E-state index is 0.260. The molecule has 0 heterocycles. The molecule has 0 aliphatic heterocycles. The van der Waals surface area contributed by atoms with E-state index in [1.807, 2.05) is 19.2 Å². The molecule has 4 heteroatoms. The van der Waals surface area contributed by atoms with Crippen molar-refractivity contribution in [3.8, 4) is 11.5 Å². The summed E-state index contributed by atoms with van der Waals surface area (Å²) in [6.45, 7) is 0. The van der Waals surface area contributed by atoms with Crippen LogP contribution in [-0.4, -0.2) is 21.3 Å². The van der Waals surface area contributed by atoms with Crippen LogP contribution in [-0.2, 0) is 6.42 Å². The van der Waals surface area contributed by atoms with E-state index >= 15 is 0 Å². The summed E-state index contributed by atoms with van der Waals surface area (Å²) in [5.74, 6) is 1.52. The summed E-state index contributed by atoms with van der Waals surface area (Å²) in [5, 5.41) is 3.36. The Kier molecular flexibility index (Phi) is 5.65. The highest BCUT2D eigenvalue weighted by Gasteiger charge is 2.12. The van der Waals surface area contributed by atoms with E-state index in [0.717, 1.165) is 22.4 Å². The van der Waals surface area contributed by atoms with Gasteiger partial charge in [-0.3, -0.25) is 0 Å². The van der Waals surface area contributed by atoms with E-state index < -0.39 is 0 Å². The number of hydrogen-bond donors (Lipinski definition) is 1. The zero-order chi connectivity index (χ0) is 15.2. The predicted molar refractivity (Wildman–Crippen MR) is 89.2 cm³/mol. The van der Waals surface area contributed by atoms with Gasteiger partial charge >= 0.3 is 0 Å². The Bertz CT molecular complexity index is 584. The zero-order valence-electron chi connectivity index (χ0n) is 12.5. The normalized spacial score (nSPS) is 12.0. The molecule has 0 aliphatic rings. The Labute approximate surface area is 134 Å². The fraction of sp³-hybridized carbons (Fsp3) is 0.294. The van der Waals surface area contributed by atoms with Gasteiger partial charge in [-0.2, -0.15) is 0 Å². The molecule has 1 N–H and O–H groups in total. The van der Waals surface area contributed by atoms with Gasteiger partial charge in [0.25, 0.3) is 0 Å². The highest BCUT2D eigenvalue weighted by Crippen LogP contribution is 2.29. The third-order valence-electron chi connectivity index (χ3n) is 3.51. The molecule has 2 aromatic rings. The molecule has 3 nitrogen and oxygen atoms in total. The maximum Gasteiger partial charge on any atom is 0.160 e. The van der Waals surface area contributed by atoms with Gasteiger partial charge in [-0.25, -0.2) is 0 Å². The van der Waals surface area contributed by atoms with Gasteiger partial charge in [-0.1, -0.05) is 34.1 Å². The molecule has 0 fully saturated rings. The van der Waals surface area contributed by atoms with E-state index in [9.17, 15) is 0 Å². The summed E-state index contributed by atoms with van der Waals surface area (Å²) in [4.78, 5) is 0. The van der Waals surface area contributed by atoms with Crippen molar-refractivity contribution in [1.82, 2.24) is 5.32 Å². The summed E-state index contributed by atoms with van der Waals surface area (Å²) in [5.41, 5.74) is 2.46. The van der Waals surface area contributed by atoms with Gasteiger partial charge in [-0.15, -0.1) is 0 Å². The van der Waals surface area contributed by atoms with E-state index in [1.165, 1.54) is 11.1 Å². The first-order valence-corrected chi connectivity index (χ1v) is 7.61. The van der Waals surface area contributed by atoms with Gasteiger partial charge in [0.1, 0.15) is 0 Å². The number of nitrogens with one attached hydrogen (secondary N) is 1. The van der Waals surface area contributed by atoms with Crippen LogP contribution < -0.4 is 14.8 Å². The minimum absolute atomic E-state index is 0.260. The van der Waals surface area contributed by atoms with Crippen LogP contribution in [0, 0.1) is 0 Å². The van der Waals surface area contributed by atoms with Crippen LogP contribution >= 0.6 is 15.9 Å². The molecule has 0 saturated carbocycles. The molecular formula is C17H20BrNO2. The fourth-order valence-electron chi connectivity index (χ4n) is 2.32. The van der Waals surface area contributed by atoms with Crippen molar-refractivity contribution in [2.24, 2.45) is 0 Å². The minimum Gasteiger partial charge on any atom is -0.493 e. The Morgan fingerprint density at radius 3 is 2.24 bits per heavy atom. The average molecular weight is 350 g/mol. The summed E-state index contributed by atoms with van der Waals surface area (Å²) in [6.07, 6.45) is 0.887. The van der Waals surface area contributed by atoms with Crippen molar-refractivity contribution < 1.29 is 9.47 Å². The number of likely N-dealkylation sites (N-methyl/N-ethyl adjacent to an activating group) is 1. The molecule has 21 heavy (non-hydrogen) atoms.